The summed E-state index contributed by atoms with van der Waals surface area (Å²) in [6, 6.07) is 0.466. The molecule has 0 spiro atoms. The van der Waals surface area contributed by atoms with Crippen LogP contribution in [-0.4, -0.2) is 50.3 Å². The van der Waals surface area contributed by atoms with E-state index in [9.17, 15) is 4.79 Å². The van der Waals surface area contributed by atoms with Crippen LogP contribution in [0.5, 0.6) is 0 Å². The van der Waals surface area contributed by atoms with Crippen LogP contribution in [0.15, 0.2) is 0 Å². The van der Waals surface area contributed by atoms with Crippen molar-refractivity contribution in [2.45, 2.75) is 40.7 Å². The molecule has 0 aliphatic heterocycles. The van der Waals surface area contributed by atoms with Gasteiger partial charge in [-0.25, -0.2) is 4.79 Å². The van der Waals surface area contributed by atoms with Crippen molar-refractivity contribution in [3.63, 3.8) is 0 Å². The van der Waals surface area contributed by atoms with Crippen molar-refractivity contribution in [1.82, 2.24) is 4.90 Å². The van der Waals surface area contributed by atoms with Gasteiger partial charge in [0.15, 0.2) is 0 Å². The minimum atomic E-state index is -0.293. The fourth-order valence-electron chi connectivity index (χ4n) is 1.42. The Bertz CT molecular complexity index is 223. The quantitative estimate of drug-likeness (QED) is 0.507. The van der Waals surface area contributed by atoms with E-state index in [4.69, 9.17) is 9.47 Å². The molecule has 17 heavy (non-hydrogen) atoms. The van der Waals surface area contributed by atoms with E-state index < -0.39 is 0 Å². The van der Waals surface area contributed by atoms with Crippen molar-refractivity contribution in [3.8, 4) is 0 Å². The molecule has 0 bridgehead atoms. The van der Waals surface area contributed by atoms with Crippen LogP contribution < -0.4 is 0 Å². The zero-order valence-electron chi connectivity index (χ0n) is 12.1. The number of carbonyl (C=O) groups excluding carboxylic acids is 1. The highest BCUT2D eigenvalue weighted by atomic mass is 16.6. The Kier molecular flexibility index (Phi) is 7.39. The fourth-order valence-corrected chi connectivity index (χ4v) is 1.42. The molecular weight excluding hydrogens is 218 g/mol. The van der Waals surface area contributed by atoms with Crippen LogP contribution in [0.3, 0.4) is 0 Å². The van der Waals surface area contributed by atoms with E-state index in [0.717, 1.165) is 6.54 Å². The van der Waals surface area contributed by atoms with Gasteiger partial charge in [0.2, 0.25) is 0 Å². The maximum absolute atomic E-state index is 11.0. The van der Waals surface area contributed by atoms with E-state index in [2.05, 4.69) is 39.6 Å². The molecule has 0 heterocycles. The Morgan fingerprint density at radius 1 is 1.35 bits per heavy atom. The second-order valence-corrected chi connectivity index (χ2v) is 5.38. The zero-order valence-corrected chi connectivity index (χ0v) is 12.1. The summed E-state index contributed by atoms with van der Waals surface area (Å²) in [4.78, 5) is 13.3. The number of likely N-dealkylation sites (N-methyl/N-ethyl adjacent to an activating group) is 1. The Balaban J connectivity index is 3.72. The minimum absolute atomic E-state index is 0.0472. The van der Waals surface area contributed by atoms with Gasteiger partial charge in [-0.15, -0.1) is 0 Å². The minimum Gasteiger partial charge on any atom is -0.464 e. The molecule has 1 atom stereocenters. The number of hydrogen-bond acceptors (Lipinski definition) is 4. The molecule has 0 saturated carbocycles. The molecule has 0 N–H and O–H groups in total. The standard InChI is InChI=1S/C13H27NO3/c1-7-17-12(15)10-16-9-8-14(6)11(2)13(3,4)5/h11H,7-10H2,1-6H3. The second kappa shape index (κ2) is 7.67. The maximum Gasteiger partial charge on any atom is 0.332 e. The van der Waals surface area contributed by atoms with Crippen molar-refractivity contribution >= 4 is 5.97 Å². The van der Waals surface area contributed by atoms with Crippen molar-refractivity contribution in [2.24, 2.45) is 5.41 Å². The first-order chi connectivity index (χ1) is 7.79. The Labute approximate surface area is 105 Å². The molecule has 0 radical (unpaired) electrons. The van der Waals surface area contributed by atoms with Crippen molar-refractivity contribution in [2.75, 3.05) is 33.4 Å². The summed E-state index contributed by atoms with van der Waals surface area (Å²) >= 11 is 0. The third-order valence-electron chi connectivity index (χ3n) is 3.03. The van der Waals surface area contributed by atoms with E-state index >= 15 is 0 Å². The van der Waals surface area contributed by atoms with Gasteiger partial charge in [0.05, 0.1) is 13.2 Å². The summed E-state index contributed by atoms with van der Waals surface area (Å²) in [7, 11) is 2.07. The first kappa shape index (κ1) is 16.4. The van der Waals surface area contributed by atoms with E-state index in [1.807, 2.05) is 0 Å². The predicted molar refractivity (Wildman–Crippen MR) is 69.0 cm³/mol. The molecule has 0 aliphatic carbocycles. The highest BCUT2D eigenvalue weighted by Gasteiger charge is 2.23. The van der Waals surface area contributed by atoms with Crippen molar-refractivity contribution < 1.29 is 14.3 Å². The van der Waals surface area contributed by atoms with E-state index in [1.54, 1.807) is 6.92 Å². The highest BCUT2D eigenvalue weighted by Crippen LogP contribution is 2.22. The van der Waals surface area contributed by atoms with Crippen LogP contribution in [0.25, 0.3) is 0 Å². The maximum atomic E-state index is 11.0. The summed E-state index contributed by atoms with van der Waals surface area (Å²) in [5.74, 6) is -0.293. The number of hydrogen-bond donors (Lipinski definition) is 0. The lowest BCUT2D eigenvalue weighted by molar-refractivity contribution is -0.148. The largest absolute Gasteiger partial charge is 0.464 e. The summed E-state index contributed by atoms with van der Waals surface area (Å²) < 4.78 is 10.0. The van der Waals surface area contributed by atoms with Crippen LogP contribution in [0.4, 0.5) is 0 Å². The molecule has 0 aromatic carbocycles. The van der Waals surface area contributed by atoms with Crippen molar-refractivity contribution in [1.29, 1.82) is 0 Å². The van der Waals surface area contributed by atoms with Gasteiger partial charge in [-0.1, -0.05) is 20.8 Å². The molecule has 0 saturated heterocycles. The number of rotatable bonds is 7. The predicted octanol–water partition coefficient (Wildman–Crippen LogP) is 1.93. The Morgan fingerprint density at radius 2 is 1.94 bits per heavy atom. The van der Waals surface area contributed by atoms with Gasteiger partial charge in [0, 0.05) is 12.6 Å². The van der Waals surface area contributed by atoms with Crippen molar-refractivity contribution in [3.05, 3.63) is 0 Å². The average molecular weight is 245 g/mol. The first-order valence-electron chi connectivity index (χ1n) is 6.22. The second-order valence-electron chi connectivity index (χ2n) is 5.38. The summed E-state index contributed by atoms with van der Waals surface area (Å²) in [5.41, 5.74) is 0.246. The highest BCUT2D eigenvalue weighted by molar-refractivity contribution is 5.70. The molecule has 4 heteroatoms. The topological polar surface area (TPSA) is 38.8 Å². The summed E-state index contributed by atoms with van der Waals surface area (Å²) in [6.45, 7) is 12.5. The summed E-state index contributed by atoms with van der Waals surface area (Å²) in [5, 5.41) is 0. The van der Waals surface area contributed by atoms with Crippen LogP contribution in [0.2, 0.25) is 0 Å². The first-order valence-corrected chi connectivity index (χ1v) is 6.22. The van der Waals surface area contributed by atoms with Crippen LogP contribution in [0, 0.1) is 5.41 Å². The fraction of sp³-hybridized carbons (Fsp3) is 0.923. The number of carbonyl (C=O) groups is 1. The zero-order chi connectivity index (χ0) is 13.5. The molecule has 0 aromatic rings. The van der Waals surface area contributed by atoms with Gasteiger partial charge in [-0.2, -0.15) is 0 Å². The van der Waals surface area contributed by atoms with E-state index in [-0.39, 0.29) is 18.0 Å². The average Bonchev–Trinajstić information content (AvgIpc) is 2.22. The van der Waals surface area contributed by atoms with Gasteiger partial charge in [-0.3, -0.25) is 0 Å². The Hall–Kier alpha value is -0.610. The lowest BCUT2D eigenvalue weighted by atomic mass is 9.87. The van der Waals surface area contributed by atoms with Gasteiger partial charge >= 0.3 is 5.97 Å². The van der Waals surface area contributed by atoms with Crippen LogP contribution >= 0.6 is 0 Å². The number of esters is 1. The van der Waals surface area contributed by atoms with E-state index in [0.29, 0.717) is 19.3 Å². The monoisotopic (exact) mass is 245 g/mol. The third-order valence-corrected chi connectivity index (χ3v) is 3.03. The SMILES string of the molecule is CCOC(=O)COCCN(C)C(C)C(C)(C)C. The molecule has 0 amide bonds. The molecule has 0 aromatic heterocycles. The lowest BCUT2D eigenvalue weighted by Crippen LogP contribution is -2.41. The van der Waals surface area contributed by atoms with Gasteiger partial charge in [0.1, 0.15) is 6.61 Å². The third kappa shape index (κ3) is 7.34. The molecule has 1 unspecified atom stereocenters. The van der Waals surface area contributed by atoms with Crippen LogP contribution in [-0.2, 0) is 14.3 Å². The molecule has 4 nitrogen and oxygen atoms in total. The van der Waals surface area contributed by atoms with Gasteiger partial charge < -0.3 is 14.4 Å². The molecule has 0 aliphatic rings. The Morgan fingerprint density at radius 3 is 2.41 bits per heavy atom. The van der Waals surface area contributed by atoms with Crippen LogP contribution in [0.1, 0.15) is 34.6 Å². The summed E-state index contributed by atoms with van der Waals surface area (Å²) in [6.07, 6.45) is 0. The molecule has 0 fully saturated rings. The van der Waals surface area contributed by atoms with Gasteiger partial charge in [0.25, 0.3) is 0 Å². The number of ether oxygens (including phenoxy) is 2. The molecule has 0 rings (SSSR count). The number of nitrogens with zero attached hydrogens (tertiary/aromatic N) is 1. The lowest BCUT2D eigenvalue weighted by Gasteiger charge is -2.35. The van der Waals surface area contributed by atoms with E-state index in [1.165, 1.54) is 0 Å². The normalized spacial score (nSPS) is 13.8. The molecule has 102 valence electrons. The molecular formula is C13H27NO3. The van der Waals surface area contributed by atoms with Gasteiger partial charge in [-0.05, 0) is 26.3 Å². The smallest absolute Gasteiger partial charge is 0.332 e.